The van der Waals surface area contributed by atoms with Crippen molar-refractivity contribution in [2.75, 3.05) is 18.6 Å². The Hall–Kier alpha value is -1.70. The van der Waals surface area contributed by atoms with Gasteiger partial charge < -0.3 is 5.32 Å². The Kier molecular flexibility index (Phi) is 4.46. The lowest BCUT2D eigenvalue weighted by atomic mass is 10.2. The van der Waals surface area contributed by atoms with Crippen LogP contribution in [0.5, 0.6) is 0 Å². The van der Waals surface area contributed by atoms with Crippen LogP contribution in [0.15, 0.2) is 18.3 Å². The molecule has 0 bridgehead atoms. The van der Waals surface area contributed by atoms with E-state index in [0.717, 1.165) is 5.56 Å². The molecule has 8 heteroatoms. The normalized spacial score (nSPS) is 11.9. The van der Waals surface area contributed by atoms with Crippen molar-refractivity contribution in [3.63, 3.8) is 0 Å². The Morgan fingerprint density at radius 1 is 1.43 bits per heavy atom. The van der Waals surface area contributed by atoms with Crippen LogP contribution in [0.2, 0.25) is 0 Å². The highest BCUT2D eigenvalue weighted by Crippen LogP contribution is 2.32. The zero-order valence-corrected chi connectivity index (χ0v) is 12.3. The highest BCUT2D eigenvalue weighted by molar-refractivity contribution is 7.98. The van der Waals surface area contributed by atoms with Crippen molar-refractivity contribution < 1.29 is 18.0 Å². The Labute approximate surface area is 123 Å². The maximum Gasteiger partial charge on any atom is 0.435 e. The van der Waals surface area contributed by atoms with Gasteiger partial charge in [-0.05, 0) is 24.8 Å². The zero-order valence-electron chi connectivity index (χ0n) is 11.5. The summed E-state index contributed by atoms with van der Waals surface area (Å²) < 4.78 is 40.4. The third-order valence-electron chi connectivity index (χ3n) is 2.84. The molecule has 114 valence electrons. The van der Waals surface area contributed by atoms with E-state index in [1.54, 1.807) is 13.0 Å². The number of imidazole rings is 1. The number of rotatable bonds is 4. The number of halogens is 3. The van der Waals surface area contributed by atoms with Crippen molar-refractivity contribution in [1.29, 1.82) is 0 Å². The number of nitrogens with one attached hydrogen (secondary N) is 1. The molecule has 0 aliphatic carbocycles. The molecule has 0 atom stereocenters. The van der Waals surface area contributed by atoms with E-state index in [-0.39, 0.29) is 5.65 Å². The first-order valence-corrected chi connectivity index (χ1v) is 7.57. The van der Waals surface area contributed by atoms with E-state index >= 15 is 0 Å². The lowest BCUT2D eigenvalue weighted by Gasteiger charge is -2.08. The number of amides is 1. The summed E-state index contributed by atoms with van der Waals surface area (Å²) in [6, 6.07) is 3.11. The number of hydrogen-bond acceptors (Lipinski definition) is 3. The van der Waals surface area contributed by atoms with Crippen molar-refractivity contribution in [1.82, 2.24) is 14.7 Å². The largest absolute Gasteiger partial charge is 0.435 e. The highest BCUT2D eigenvalue weighted by atomic mass is 32.2. The summed E-state index contributed by atoms with van der Waals surface area (Å²) in [7, 11) is 0. The molecule has 0 aliphatic heterocycles. The molecule has 1 amide bonds. The fourth-order valence-electron chi connectivity index (χ4n) is 1.92. The number of aromatic nitrogens is 2. The van der Waals surface area contributed by atoms with Gasteiger partial charge in [-0.25, -0.2) is 4.98 Å². The molecule has 2 rings (SSSR count). The fraction of sp³-hybridized carbons (Fsp3) is 0.385. The first kappa shape index (κ1) is 15.7. The summed E-state index contributed by atoms with van der Waals surface area (Å²) in [6.07, 6.45) is -1.35. The van der Waals surface area contributed by atoms with E-state index in [1.807, 2.05) is 6.26 Å². The molecule has 0 fully saturated rings. The number of hydrogen-bond donors (Lipinski definition) is 1. The third-order valence-corrected chi connectivity index (χ3v) is 3.45. The minimum Gasteiger partial charge on any atom is -0.350 e. The summed E-state index contributed by atoms with van der Waals surface area (Å²) in [5.74, 6) is -0.141. The molecule has 0 saturated carbocycles. The first-order valence-electron chi connectivity index (χ1n) is 6.17. The van der Waals surface area contributed by atoms with Gasteiger partial charge in [-0.15, -0.1) is 0 Å². The molecule has 0 spiro atoms. The Morgan fingerprint density at radius 3 is 2.76 bits per heavy atom. The van der Waals surface area contributed by atoms with E-state index in [2.05, 4.69) is 10.3 Å². The number of nitrogens with zero attached hydrogens (tertiary/aromatic N) is 2. The van der Waals surface area contributed by atoms with Gasteiger partial charge in [-0.3, -0.25) is 9.20 Å². The zero-order chi connectivity index (χ0) is 15.6. The summed E-state index contributed by atoms with van der Waals surface area (Å²) in [5, 5.41) is 2.49. The molecule has 2 heterocycles. The Bertz CT molecular complexity index is 666. The van der Waals surface area contributed by atoms with Crippen LogP contribution in [0.4, 0.5) is 13.2 Å². The molecule has 0 saturated heterocycles. The van der Waals surface area contributed by atoms with Crippen LogP contribution in [-0.2, 0) is 6.18 Å². The molecule has 21 heavy (non-hydrogen) atoms. The van der Waals surface area contributed by atoms with Crippen LogP contribution >= 0.6 is 11.8 Å². The molecular weight excluding hydrogens is 303 g/mol. The predicted octanol–water partition coefficient (Wildman–Crippen LogP) is 2.75. The van der Waals surface area contributed by atoms with Crippen molar-refractivity contribution in [2.24, 2.45) is 0 Å². The third kappa shape index (κ3) is 3.31. The molecule has 0 aliphatic rings. The van der Waals surface area contributed by atoms with Crippen LogP contribution in [0.1, 0.15) is 21.7 Å². The maximum atomic E-state index is 13.1. The average Bonchev–Trinajstić information content (AvgIpc) is 2.77. The van der Waals surface area contributed by atoms with E-state index < -0.39 is 23.5 Å². The van der Waals surface area contributed by atoms with Gasteiger partial charge in [0, 0.05) is 18.5 Å². The van der Waals surface area contributed by atoms with Crippen LogP contribution in [0.3, 0.4) is 0 Å². The van der Waals surface area contributed by atoms with Crippen LogP contribution in [-0.4, -0.2) is 33.8 Å². The average molecular weight is 317 g/mol. The van der Waals surface area contributed by atoms with Gasteiger partial charge in [0.15, 0.2) is 5.69 Å². The molecule has 2 aromatic rings. The first-order chi connectivity index (χ1) is 9.84. The maximum absolute atomic E-state index is 13.1. The Morgan fingerprint density at radius 2 is 2.14 bits per heavy atom. The minimum atomic E-state index is -4.67. The smallest absolute Gasteiger partial charge is 0.350 e. The van der Waals surface area contributed by atoms with E-state index in [1.165, 1.54) is 28.4 Å². The molecule has 2 aromatic heterocycles. The lowest BCUT2D eigenvalue weighted by molar-refractivity contribution is -0.141. The SMILES string of the molecule is CSCCNC(=O)c1c(C(F)(F)F)nc2ccc(C)cn12. The van der Waals surface area contributed by atoms with Gasteiger partial charge >= 0.3 is 6.18 Å². The summed E-state index contributed by atoms with van der Waals surface area (Å²) in [4.78, 5) is 15.6. The van der Waals surface area contributed by atoms with Crippen molar-refractivity contribution in [2.45, 2.75) is 13.1 Å². The summed E-state index contributed by atoms with van der Waals surface area (Å²) in [6.45, 7) is 2.04. The van der Waals surface area contributed by atoms with Crippen molar-refractivity contribution in [3.8, 4) is 0 Å². The second-order valence-corrected chi connectivity index (χ2v) is 5.48. The second-order valence-electron chi connectivity index (χ2n) is 4.49. The number of alkyl halides is 3. The fourth-order valence-corrected chi connectivity index (χ4v) is 2.22. The number of fused-ring (bicyclic) bond motifs is 1. The van der Waals surface area contributed by atoms with E-state index in [4.69, 9.17) is 0 Å². The summed E-state index contributed by atoms with van der Waals surface area (Å²) in [5.41, 5.74) is -0.785. The van der Waals surface area contributed by atoms with Gasteiger partial charge in [0.05, 0.1) is 0 Å². The van der Waals surface area contributed by atoms with Gasteiger partial charge in [0.2, 0.25) is 0 Å². The molecule has 4 nitrogen and oxygen atoms in total. The number of pyridine rings is 1. The monoisotopic (exact) mass is 317 g/mol. The van der Waals surface area contributed by atoms with E-state index in [0.29, 0.717) is 12.3 Å². The molecule has 0 radical (unpaired) electrons. The lowest BCUT2D eigenvalue weighted by Crippen LogP contribution is -2.29. The number of thioether (sulfide) groups is 1. The Balaban J connectivity index is 2.52. The molecule has 1 N–H and O–H groups in total. The highest BCUT2D eigenvalue weighted by Gasteiger charge is 2.40. The molecular formula is C13H14F3N3OS. The van der Waals surface area contributed by atoms with Gasteiger partial charge in [-0.1, -0.05) is 6.07 Å². The van der Waals surface area contributed by atoms with Crippen LogP contribution < -0.4 is 5.32 Å². The van der Waals surface area contributed by atoms with E-state index in [9.17, 15) is 18.0 Å². The topological polar surface area (TPSA) is 46.4 Å². The second kappa shape index (κ2) is 5.97. The number of aryl methyl sites for hydroxylation is 1. The van der Waals surface area contributed by atoms with Gasteiger partial charge in [0.25, 0.3) is 5.91 Å². The number of carbonyl (C=O) groups excluding carboxylic acids is 1. The van der Waals surface area contributed by atoms with Crippen LogP contribution in [0.25, 0.3) is 5.65 Å². The van der Waals surface area contributed by atoms with Crippen molar-refractivity contribution >= 4 is 23.3 Å². The van der Waals surface area contributed by atoms with Gasteiger partial charge in [-0.2, -0.15) is 24.9 Å². The summed E-state index contributed by atoms with van der Waals surface area (Å²) >= 11 is 1.50. The van der Waals surface area contributed by atoms with Crippen LogP contribution in [0, 0.1) is 6.92 Å². The van der Waals surface area contributed by atoms with Crippen molar-refractivity contribution in [3.05, 3.63) is 35.3 Å². The molecule has 0 unspecified atom stereocenters. The number of carbonyl (C=O) groups is 1. The van der Waals surface area contributed by atoms with Gasteiger partial charge in [0.1, 0.15) is 11.3 Å². The predicted molar refractivity (Wildman–Crippen MR) is 75.6 cm³/mol. The standard InChI is InChI=1S/C13H14F3N3OS/c1-8-3-4-9-18-11(13(14,15)16)10(19(9)7-8)12(20)17-5-6-21-2/h3-4,7H,5-6H2,1-2H3,(H,17,20). The molecule has 0 aromatic carbocycles. The quantitative estimate of drug-likeness (QED) is 0.882. The minimum absolute atomic E-state index is 0.0999.